The summed E-state index contributed by atoms with van der Waals surface area (Å²) in [5.74, 6) is -1.28. The van der Waals surface area contributed by atoms with Gasteiger partial charge in [0, 0.05) is 29.8 Å². The highest BCUT2D eigenvalue weighted by molar-refractivity contribution is 5.88. The fourth-order valence-electron chi connectivity index (χ4n) is 4.53. The highest BCUT2D eigenvalue weighted by Gasteiger charge is 2.37. The van der Waals surface area contributed by atoms with E-state index in [2.05, 4.69) is 29.7 Å². The Hall–Kier alpha value is -4.69. The van der Waals surface area contributed by atoms with E-state index in [9.17, 15) is 26.7 Å². The van der Waals surface area contributed by atoms with Crippen molar-refractivity contribution >= 4 is 5.97 Å². The zero-order chi connectivity index (χ0) is 30.3. The second kappa shape index (κ2) is 11.2. The molecular formula is C28H23F5N6O4. The molecule has 0 atom stereocenters. The molecule has 3 heterocycles. The third-order valence-corrected chi connectivity index (χ3v) is 6.89. The van der Waals surface area contributed by atoms with Crippen molar-refractivity contribution in [1.29, 1.82) is 0 Å². The number of benzene rings is 1. The van der Waals surface area contributed by atoms with Crippen molar-refractivity contribution in [3.8, 4) is 34.5 Å². The number of rotatable bonds is 10. The number of carbonyl (C=O) groups is 1. The van der Waals surface area contributed by atoms with Crippen molar-refractivity contribution in [3.05, 3.63) is 65.5 Å². The first-order valence-electron chi connectivity index (χ1n) is 13.3. The fourth-order valence-corrected chi connectivity index (χ4v) is 4.53. The van der Waals surface area contributed by atoms with Crippen LogP contribution in [0.3, 0.4) is 0 Å². The second-order valence-corrected chi connectivity index (χ2v) is 10.1. The number of hydrogen-bond donors (Lipinski definition) is 0. The van der Waals surface area contributed by atoms with E-state index in [1.54, 1.807) is 28.8 Å². The molecule has 10 nitrogen and oxygen atoms in total. The second-order valence-electron chi connectivity index (χ2n) is 10.1. The molecule has 224 valence electrons. The smallest absolute Gasteiger partial charge is 0.434 e. The van der Waals surface area contributed by atoms with Gasteiger partial charge in [-0.25, -0.2) is 24.7 Å². The summed E-state index contributed by atoms with van der Waals surface area (Å²) in [6.07, 6.45) is 0.710. The largest absolute Gasteiger partial charge is 0.473 e. The zero-order valence-corrected chi connectivity index (χ0v) is 22.5. The van der Waals surface area contributed by atoms with E-state index in [0.717, 1.165) is 45.3 Å². The summed E-state index contributed by atoms with van der Waals surface area (Å²) in [4.78, 5) is 32.8. The van der Waals surface area contributed by atoms with Crippen LogP contribution >= 0.6 is 0 Å². The van der Waals surface area contributed by atoms with Crippen molar-refractivity contribution in [3.63, 3.8) is 0 Å². The first-order chi connectivity index (χ1) is 20.6. The molecule has 0 saturated heterocycles. The van der Waals surface area contributed by atoms with Crippen LogP contribution in [0.15, 0.2) is 42.9 Å². The summed E-state index contributed by atoms with van der Waals surface area (Å²) in [6.45, 7) is -3.23. The van der Waals surface area contributed by atoms with Crippen LogP contribution in [-0.4, -0.2) is 49.2 Å². The normalized spacial score (nSPS) is 15.0. The van der Waals surface area contributed by atoms with Gasteiger partial charge in [-0.3, -0.25) is 0 Å². The van der Waals surface area contributed by atoms with Gasteiger partial charge in [-0.15, -0.1) is 0 Å². The van der Waals surface area contributed by atoms with E-state index < -0.39 is 30.3 Å². The monoisotopic (exact) mass is 602 g/mol. The molecule has 6 rings (SSSR count). The van der Waals surface area contributed by atoms with E-state index >= 15 is 0 Å². The minimum atomic E-state index is -4.56. The van der Waals surface area contributed by atoms with Gasteiger partial charge in [0.15, 0.2) is 17.2 Å². The molecule has 15 heteroatoms. The van der Waals surface area contributed by atoms with Gasteiger partial charge in [0.1, 0.15) is 24.3 Å². The topological polar surface area (TPSA) is 114 Å². The number of esters is 1. The summed E-state index contributed by atoms with van der Waals surface area (Å²) in [5.41, 5.74) is 0.429. The number of nitrogens with zero attached hydrogens (tertiary/aromatic N) is 6. The molecule has 0 amide bonds. The summed E-state index contributed by atoms with van der Waals surface area (Å²) < 4.78 is 83.1. The minimum absolute atomic E-state index is 0.0142. The number of ether oxygens (including phenoxy) is 3. The van der Waals surface area contributed by atoms with Crippen molar-refractivity contribution in [2.45, 2.75) is 57.0 Å². The molecule has 2 aliphatic rings. The maximum absolute atomic E-state index is 13.3. The molecular weight excluding hydrogens is 579 g/mol. The molecule has 2 fully saturated rings. The van der Waals surface area contributed by atoms with Crippen LogP contribution in [0.25, 0.3) is 22.8 Å². The van der Waals surface area contributed by atoms with Crippen LogP contribution in [0.2, 0.25) is 0 Å². The average molecular weight is 603 g/mol. The molecule has 0 unspecified atom stereocenters. The molecule has 0 N–H and O–H groups in total. The van der Waals surface area contributed by atoms with Gasteiger partial charge in [-0.1, -0.05) is 24.3 Å². The fraction of sp³-hybridized carbons (Fsp3) is 0.357. The Bertz CT molecular complexity index is 1650. The molecule has 2 aliphatic carbocycles. The van der Waals surface area contributed by atoms with Crippen molar-refractivity contribution in [2.24, 2.45) is 0 Å². The van der Waals surface area contributed by atoms with Crippen molar-refractivity contribution in [2.75, 3.05) is 7.11 Å². The van der Waals surface area contributed by atoms with Crippen LogP contribution < -0.4 is 9.47 Å². The first kappa shape index (κ1) is 28.4. The molecule has 0 bridgehead atoms. The average Bonchev–Trinajstić information content (AvgIpc) is 3.93. The number of methoxy groups -OCH3 is 1. The molecule has 0 aliphatic heterocycles. The van der Waals surface area contributed by atoms with Gasteiger partial charge in [0.25, 0.3) is 0 Å². The van der Waals surface area contributed by atoms with Crippen LogP contribution in [0.4, 0.5) is 22.0 Å². The van der Waals surface area contributed by atoms with Gasteiger partial charge in [-0.05, 0) is 31.2 Å². The SMILES string of the molecule is COC(=O)c1cc(OCc2ccc(-c3nc(C(F)(F)F)cn3C3CC3)cc2)nc(-c2c(OC(F)F)ncnc2C2CC2)n1. The minimum Gasteiger partial charge on any atom is -0.473 e. The molecule has 43 heavy (non-hydrogen) atoms. The summed E-state index contributed by atoms with van der Waals surface area (Å²) in [6, 6.07) is 7.85. The highest BCUT2D eigenvalue weighted by Crippen LogP contribution is 2.45. The van der Waals surface area contributed by atoms with Crippen LogP contribution in [0.1, 0.15) is 65.1 Å². The van der Waals surface area contributed by atoms with E-state index in [1.165, 1.54) is 6.07 Å². The number of carbonyl (C=O) groups excluding carboxylic acids is 1. The number of imidazole rings is 1. The van der Waals surface area contributed by atoms with Gasteiger partial charge in [0.05, 0.1) is 12.8 Å². The quantitative estimate of drug-likeness (QED) is 0.159. The Balaban J connectivity index is 1.28. The van der Waals surface area contributed by atoms with E-state index in [4.69, 9.17) is 9.47 Å². The number of aromatic nitrogens is 6. The lowest BCUT2D eigenvalue weighted by molar-refractivity contribution is -0.140. The zero-order valence-electron chi connectivity index (χ0n) is 22.5. The Morgan fingerprint density at radius 1 is 1.05 bits per heavy atom. The summed E-state index contributed by atoms with van der Waals surface area (Å²) in [5, 5.41) is 0. The molecule has 0 radical (unpaired) electrons. The van der Waals surface area contributed by atoms with E-state index in [1.807, 2.05) is 0 Å². The van der Waals surface area contributed by atoms with Gasteiger partial charge >= 0.3 is 18.8 Å². The Morgan fingerprint density at radius 3 is 2.42 bits per heavy atom. The maximum Gasteiger partial charge on any atom is 0.434 e. The van der Waals surface area contributed by atoms with E-state index in [-0.39, 0.29) is 47.4 Å². The lowest BCUT2D eigenvalue weighted by Crippen LogP contribution is -2.12. The van der Waals surface area contributed by atoms with Crippen LogP contribution in [-0.2, 0) is 17.5 Å². The third-order valence-electron chi connectivity index (χ3n) is 6.89. The lowest BCUT2D eigenvalue weighted by atomic mass is 10.1. The van der Waals surface area contributed by atoms with Crippen LogP contribution in [0.5, 0.6) is 11.8 Å². The number of alkyl halides is 5. The Labute approximate surface area is 240 Å². The Morgan fingerprint density at radius 2 is 1.79 bits per heavy atom. The lowest BCUT2D eigenvalue weighted by Gasteiger charge is -2.14. The van der Waals surface area contributed by atoms with Gasteiger partial charge < -0.3 is 18.8 Å². The molecule has 3 aromatic heterocycles. The van der Waals surface area contributed by atoms with E-state index in [0.29, 0.717) is 16.8 Å². The Kier molecular flexibility index (Phi) is 7.40. The first-order valence-corrected chi connectivity index (χ1v) is 13.3. The molecule has 0 spiro atoms. The number of hydrogen-bond acceptors (Lipinski definition) is 9. The summed E-state index contributed by atoms with van der Waals surface area (Å²) >= 11 is 0. The van der Waals surface area contributed by atoms with Crippen LogP contribution in [0, 0.1) is 0 Å². The van der Waals surface area contributed by atoms with Gasteiger partial charge in [-0.2, -0.15) is 26.9 Å². The third kappa shape index (κ3) is 6.24. The maximum atomic E-state index is 13.3. The van der Waals surface area contributed by atoms with Crippen molar-refractivity contribution in [1.82, 2.24) is 29.5 Å². The predicted molar refractivity (Wildman–Crippen MR) is 138 cm³/mol. The van der Waals surface area contributed by atoms with Crippen molar-refractivity contribution < 1.29 is 41.0 Å². The molecule has 4 aromatic rings. The summed E-state index contributed by atoms with van der Waals surface area (Å²) in [7, 11) is 1.16. The highest BCUT2D eigenvalue weighted by atomic mass is 19.4. The number of halogens is 5. The molecule has 2 saturated carbocycles. The molecule has 1 aromatic carbocycles. The standard InChI is InChI=1S/C28H23F5N6O4/c1-41-26(40)18-10-20(38-23(36-18)21-22(15-6-7-15)34-13-35-25(21)43-27(29)30)42-12-14-2-4-16(5-3-14)24-37-19(28(31,32)33)11-39(24)17-8-9-17/h2-5,10-11,13,15,17,27H,6-9,12H2,1H3. The van der Waals surface area contributed by atoms with Gasteiger partial charge in [0.2, 0.25) is 11.8 Å². The predicted octanol–water partition coefficient (Wildman–Crippen LogP) is 6.00.